The van der Waals surface area contributed by atoms with Gasteiger partial charge >= 0.3 is 11.9 Å². The van der Waals surface area contributed by atoms with E-state index in [2.05, 4.69) is 0 Å². The van der Waals surface area contributed by atoms with Crippen LogP contribution in [0.5, 0.6) is 0 Å². The second-order valence-electron chi connectivity index (χ2n) is 5.79. The van der Waals surface area contributed by atoms with Crippen LogP contribution in [0.1, 0.15) is 79.1 Å². The predicted molar refractivity (Wildman–Crippen MR) is 91.3 cm³/mol. The Morgan fingerprint density at radius 3 is 1.33 bits per heavy atom. The van der Waals surface area contributed by atoms with Gasteiger partial charge in [-0.3, -0.25) is 0 Å². The van der Waals surface area contributed by atoms with E-state index in [4.69, 9.17) is 19.2 Å². The lowest BCUT2D eigenvalue weighted by atomic mass is 10.2. The van der Waals surface area contributed by atoms with Crippen molar-refractivity contribution in [2.45, 2.75) is 91.3 Å². The maximum absolute atomic E-state index is 12.0. The Kier molecular flexibility index (Phi) is 14.7. The van der Waals surface area contributed by atoms with Crippen molar-refractivity contribution in [3.63, 3.8) is 0 Å². The lowest BCUT2D eigenvalue weighted by Gasteiger charge is -2.19. The van der Waals surface area contributed by atoms with Gasteiger partial charge in [0.25, 0.3) is 0 Å². The number of ether oxygens (including phenoxy) is 2. The van der Waals surface area contributed by atoms with Crippen LogP contribution in [0, 0.1) is 0 Å². The molecule has 24 heavy (non-hydrogen) atoms. The molecule has 0 radical (unpaired) electrons. The van der Waals surface area contributed by atoms with Gasteiger partial charge in [-0.25, -0.2) is 19.4 Å². The fourth-order valence-electron chi connectivity index (χ4n) is 1.89. The minimum Gasteiger partial charge on any atom is -0.464 e. The molecule has 0 fully saturated rings. The highest BCUT2D eigenvalue weighted by Gasteiger charge is 2.27. The van der Waals surface area contributed by atoms with Crippen LogP contribution in [0.25, 0.3) is 0 Å². The molecule has 0 N–H and O–H groups in total. The number of unbranched alkanes of at least 4 members (excludes halogenated alkanes) is 2. The van der Waals surface area contributed by atoms with E-state index in [9.17, 15) is 9.59 Å². The Labute approximate surface area is 146 Å². The lowest BCUT2D eigenvalue weighted by Crippen LogP contribution is -2.33. The van der Waals surface area contributed by atoms with Gasteiger partial charge in [-0.15, -0.1) is 0 Å². The summed E-state index contributed by atoms with van der Waals surface area (Å²) in [5, 5.41) is 0. The summed E-state index contributed by atoms with van der Waals surface area (Å²) in [6.45, 7) is 8.68. The summed E-state index contributed by atoms with van der Waals surface area (Å²) < 4.78 is 10.3. The molecule has 0 heterocycles. The van der Waals surface area contributed by atoms with Crippen LogP contribution < -0.4 is 0 Å². The van der Waals surface area contributed by atoms with Gasteiger partial charge in [0.1, 0.15) is 0 Å². The molecule has 0 aromatic heterocycles. The third kappa shape index (κ3) is 10.6. The first-order chi connectivity index (χ1) is 11.6. The zero-order valence-electron chi connectivity index (χ0n) is 15.7. The quantitative estimate of drug-likeness (QED) is 0.193. The lowest BCUT2D eigenvalue weighted by molar-refractivity contribution is -0.344. The smallest absolute Gasteiger partial charge is 0.338 e. The molecule has 2 unspecified atom stereocenters. The van der Waals surface area contributed by atoms with Gasteiger partial charge in [-0.05, 0) is 25.7 Å². The Morgan fingerprint density at radius 2 is 1.04 bits per heavy atom. The normalized spacial score (nSPS) is 13.3. The van der Waals surface area contributed by atoms with Crippen LogP contribution >= 0.6 is 0 Å². The molecule has 0 saturated heterocycles. The van der Waals surface area contributed by atoms with E-state index in [-0.39, 0.29) is 0 Å². The predicted octanol–water partition coefficient (Wildman–Crippen LogP) is 3.96. The van der Waals surface area contributed by atoms with Crippen molar-refractivity contribution in [1.29, 1.82) is 0 Å². The van der Waals surface area contributed by atoms with Gasteiger partial charge in [0.15, 0.2) is 12.2 Å². The minimum atomic E-state index is -0.811. The first-order valence-electron chi connectivity index (χ1n) is 9.25. The number of hydrogen-bond acceptors (Lipinski definition) is 6. The molecule has 0 rings (SSSR count). The topological polar surface area (TPSA) is 71.1 Å². The van der Waals surface area contributed by atoms with E-state index < -0.39 is 24.1 Å². The molecular formula is C18H34O6. The molecule has 6 heteroatoms. The van der Waals surface area contributed by atoms with Gasteiger partial charge < -0.3 is 9.47 Å². The Bertz CT molecular complexity index is 299. The van der Waals surface area contributed by atoms with Crippen LogP contribution in [0.3, 0.4) is 0 Å². The van der Waals surface area contributed by atoms with Crippen molar-refractivity contribution in [2.75, 3.05) is 13.2 Å². The highest BCUT2D eigenvalue weighted by Crippen LogP contribution is 2.12. The number of esters is 2. The van der Waals surface area contributed by atoms with Crippen LogP contribution in [0.15, 0.2) is 0 Å². The van der Waals surface area contributed by atoms with Crippen molar-refractivity contribution < 1.29 is 28.8 Å². The highest BCUT2D eigenvalue weighted by molar-refractivity contribution is 5.75. The minimum absolute atomic E-state index is 0.371. The second kappa shape index (κ2) is 15.4. The van der Waals surface area contributed by atoms with E-state index in [1.807, 2.05) is 27.7 Å². The third-order valence-corrected chi connectivity index (χ3v) is 3.40. The molecule has 0 aliphatic rings. The SMILES string of the molecule is CCCCOC(=O)C(CCC)OOC(CCC)C(=O)OCCCC. The zero-order chi connectivity index (χ0) is 18.2. The Hall–Kier alpha value is -1.14. The van der Waals surface area contributed by atoms with Crippen LogP contribution in [-0.4, -0.2) is 37.4 Å². The molecule has 0 aliphatic carbocycles. The summed E-state index contributed by atoms with van der Waals surface area (Å²) in [5.41, 5.74) is 0. The van der Waals surface area contributed by atoms with Crippen molar-refractivity contribution in [2.24, 2.45) is 0 Å². The monoisotopic (exact) mass is 346 g/mol. The number of hydrogen-bond donors (Lipinski definition) is 0. The van der Waals surface area contributed by atoms with Gasteiger partial charge in [0.05, 0.1) is 13.2 Å². The number of carbonyl (C=O) groups excluding carboxylic acids is 2. The van der Waals surface area contributed by atoms with Crippen molar-refractivity contribution in [3.8, 4) is 0 Å². The summed E-state index contributed by atoms with van der Waals surface area (Å²) in [6, 6.07) is 0. The highest BCUT2D eigenvalue weighted by atomic mass is 17.2. The first kappa shape index (κ1) is 22.9. The summed E-state index contributed by atoms with van der Waals surface area (Å²) in [5.74, 6) is -0.889. The average molecular weight is 346 g/mol. The largest absolute Gasteiger partial charge is 0.464 e. The maximum atomic E-state index is 12.0. The molecule has 0 bridgehead atoms. The van der Waals surface area contributed by atoms with E-state index in [0.29, 0.717) is 26.1 Å². The summed E-state index contributed by atoms with van der Waals surface area (Å²) >= 11 is 0. The van der Waals surface area contributed by atoms with Crippen molar-refractivity contribution in [3.05, 3.63) is 0 Å². The third-order valence-electron chi connectivity index (χ3n) is 3.40. The summed E-state index contributed by atoms with van der Waals surface area (Å²) in [4.78, 5) is 34.5. The molecule has 0 aliphatic heterocycles. The van der Waals surface area contributed by atoms with Gasteiger partial charge in [-0.1, -0.05) is 53.4 Å². The maximum Gasteiger partial charge on any atom is 0.338 e. The van der Waals surface area contributed by atoms with Crippen LogP contribution in [0.2, 0.25) is 0 Å². The molecule has 0 amide bonds. The molecule has 142 valence electrons. The molecule has 2 atom stereocenters. The Balaban J connectivity index is 4.46. The van der Waals surface area contributed by atoms with E-state index in [1.54, 1.807) is 0 Å². The van der Waals surface area contributed by atoms with Crippen LogP contribution in [-0.2, 0) is 28.8 Å². The van der Waals surface area contributed by atoms with E-state index in [0.717, 1.165) is 38.5 Å². The molecule has 0 spiro atoms. The molecular weight excluding hydrogens is 312 g/mol. The zero-order valence-corrected chi connectivity index (χ0v) is 15.7. The van der Waals surface area contributed by atoms with Gasteiger partial charge in [-0.2, -0.15) is 0 Å². The number of rotatable bonds is 15. The van der Waals surface area contributed by atoms with Crippen LogP contribution in [0.4, 0.5) is 0 Å². The number of carbonyl (C=O) groups is 2. The van der Waals surface area contributed by atoms with E-state index in [1.165, 1.54) is 0 Å². The fraction of sp³-hybridized carbons (Fsp3) is 0.889. The van der Waals surface area contributed by atoms with Crippen molar-refractivity contribution >= 4 is 11.9 Å². The summed E-state index contributed by atoms with van der Waals surface area (Å²) in [6.07, 6.45) is 4.36. The summed E-state index contributed by atoms with van der Waals surface area (Å²) in [7, 11) is 0. The fourth-order valence-corrected chi connectivity index (χ4v) is 1.89. The molecule has 0 aromatic rings. The van der Waals surface area contributed by atoms with Gasteiger partial charge in [0, 0.05) is 0 Å². The average Bonchev–Trinajstić information content (AvgIpc) is 2.57. The van der Waals surface area contributed by atoms with E-state index >= 15 is 0 Å². The van der Waals surface area contributed by atoms with Gasteiger partial charge in [0.2, 0.25) is 0 Å². The standard InChI is InChI=1S/C18H34O6/c1-5-9-13-21-17(19)15(11-7-3)23-24-16(12-8-4)18(20)22-14-10-6-2/h15-16H,5-14H2,1-4H3. The molecule has 0 saturated carbocycles. The first-order valence-corrected chi connectivity index (χ1v) is 9.25. The Morgan fingerprint density at radius 1 is 0.667 bits per heavy atom. The van der Waals surface area contributed by atoms with Crippen molar-refractivity contribution in [1.82, 2.24) is 0 Å². The molecule has 0 aromatic carbocycles. The second-order valence-corrected chi connectivity index (χ2v) is 5.79. The molecule has 6 nitrogen and oxygen atoms in total.